The average Bonchev–Trinajstić information content (AvgIpc) is 2.74. The molecule has 0 heterocycles. The zero-order valence-corrected chi connectivity index (χ0v) is 16.6. The van der Waals surface area contributed by atoms with Crippen molar-refractivity contribution >= 4 is 29.2 Å². The van der Waals surface area contributed by atoms with E-state index in [1.54, 1.807) is 48.5 Å². The summed E-state index contributed by atoms with van der Waals surface area (Å²) >= 11 is 6.03. The summed E-state index contributed by atoms with van der Waals surface area (Å²) in [4.78, 5) is 24.3. The first-order chi connectivity index (χ1) is 14.1. The molecule has 0 aromatic heterocycles. The normalized spacial score (nSPS) is 10.3. The number of esters is 1. The number of benzene rings is 3. The van der Waals surface area contributed by atoms with E-state index in [4.69, 9.17) is 21.1 Å². The van der Waals surface area contributed by atoms with Crippen LogP contribution in [-0.2, 0) is 11.2 Å². The van der Waals surface area contributed by atoms with Gasteiger partial charge in [-0.25, -0.2) is 4.79 Å². The van der Waals surface area contributed by atoms with E-state index in [1.165, 1.54) is 0 Å². The van der Waals surface area contributed by atoms with Gasteiger partial charge in [-0.2, -0.15) is 0 Å². The topological polar surface area (TPSA) is 64.6 Å². The lowest BCUT2D eigenvalue weighted by Crippen LogP contribution is -2.18. The van der Waals surface area contributed by atoms with Crippen molar-refractivity contribution in [3.8, 4) is 11.5 Å². The summed E-state index contributed by atoms with van der Waals surface area (Å²) in [5.74, 6) is 0.204. The Bertz CT molecular complexity index is 1000. The summed E-state index contributed by atoms with van der Waals surface area (Å²) in [7, 11) is 0. The standard InChI is InChI=1S/C23H20ClNO4/c1-2-16-7-3-6-10-21(16)28-15-22(26)29-18-13-11-17(12-14-18)25-23(27)19-8-4-5-9-20(19)24/h3-14H,2,15H2,1H3,(H,25,27). The molecule has 6 heteroatoms. The third-order valence-corrected chi connectivity index (χ3v) is 4.49. The van der Waals surface area contributed by atoms with E-state index in [0.717, 1.165) is 12.0 Å². The minimum atomic E-state index is -0.510. The lowest BCUT2D eigenvalue weighted by Gasteiger charge is -2.10. The van der Waals surface area contributed by atoms with Crippen molar-refractivity contribution in [1.82, 2.24) is 0 Å². The molecule has 3 rings (SSSR count). The number of anilines is 1. The second-order valence-electron chi connectivity index (χ2n) is 6.18. The van der Waals surface area contributed by atoms with Crippen molar-refractivity contribution in [1.29, 1.82) is 0 Å². The number of hydrogen-bond donors (Lipinski definition) is 1. The zero-order valence-electron chi connectivity index (χ0n) is 15.9. The first-order valence-corrected chi connectivity index (χ1v) is 9.52. The Morgan fingerprint density at radius 2 is 1.62 bits per heavy atom. The molecule has 0 aliphatic heterocycles. The van der Waals surface area contributed by atoms with E-state index in [0.29, 0.717) is 27.8 Å². The van der Waals surface area contributed by atoms with E-state index in [1.807, 2.05) is 31.2 Å². The van der Waals surface area contributed by atoms with Crippen molar-refractivity contribution in [3.63, 3.8) is 0 Å². The molecule has 0 fully saturated rings. The highest BCUT2D eigenvalue weighted by molar-refractivity contribution is 6.34. The smallest absolute Gasteiger partial charge is 0.349 e. The molecule has 0 atom stereocenters. The summed E-state index contributed by atoms with van der Waals surface area (Å²) in [6.45, 7) is 1.83. The fraction of sp³-hybridized carbons (Fsp3) is 0.130. The van der Waals surface area contributed by atoms with Gasteiger partial charge in [0.1, 0.15) is 11.5 Å². The minimum Gasteiger partial charge on any atom is -0.482 e. The number of hydrogen-bond acceptors (Lipinski definition) is 4. The molecule has 0 saturated carbocycles. The number of amides is 1. The molecule has 0 aliphatic rings. The number of carbonyl (C=O) groups excluding carboxylic acids is 2. The first kappa shape index (κ1) is 20.4. The number of rotatable bonds is 7. The second kappa shape index (κ2) is 9.75. The molecule has 0 aliphatic carbocycles. The second-order valence-corrected chi connectivity index (χ2v) is 6.59. The minimum absolute atomic E-state index is 0.192. The number of nitrogens with one attached hydrogen (secondary N) is 1. The van der Waals surface area contributed by atoms with Gasteiger partial charge in [0.15, 0.2) is 6.61 Å². The maximum absolute atomic E-state index is 12.3. The Balaban J connectivity index is 1.54. The Morgan fingerprint density at radius 3 is 2.34 bits per heavy atom. The van der Waals surface area contributed by atoms with Gasteiger partial charge in [-0.05, 0) is 54.4 Å². The molecule has 0 radical (unpaired) electrons. The molecule has 0 spiro atoms. The van der Waals surface area contributed by atoms with Crippen LogP contribution in [0.2, 0.25) is 5.02 Å². The van der Waals surface area contributed by atoms with Gasteiger partial charge in [-0.3, -0.25) is 4.79 Å². The van der Waals surface area contributed by atoms with E-state index < -0.39 is 5.97 Å². The predicted molar refractivity (Wildman–Crippen MR) is 113 cm³/mol. The van der Waals surface area contributed by atoms with Crippen LogP contribution in [0, 0.1) is 0 Å². The highest BCUT2D eigenvalue weighted by atomic mass is 35.5. The zero-order chi connectivity index (χ0) is 20.6. The van der Waals surface area contributed by atoms with Crippen LogP contribution in [0.4, 0.5) is 5.69 Å². The molecule has 5 nitrogen and oxygen atoms in total. The van der Waals surface area contributed by atoms with Crippen LogP contribution in [0.1, 0.15) is 22.8 Å². The number of para-hydroxylation sites is 1. The summed E-state index contributed by atoms with van der Waals surface area (Å²) in [5, 5.41) is 3.13. The largest absolute Gasteiger partial charge is 0.482 e. The van der Waals surface area contributed by atoms with Crippen molar-refractivity contribution in [2.75, 3.05) is 11.9 Å². The van der Waals surface area contributed by atoms with E-state index >= 15 is 0 Å². The third-order valence-electron chi connectivity index (χ3n) is 4.16. The van der Waals surface area contributed by atoms with Crippen LogP contribution in [0.3, 0.4) is 0 Å². The fourth-order valence-corrected chi connectivity index (χ4v) is 2.91. The SMILES string of the molecule is CCc1ccccc1OCC(=O)Oc1ccc(NC(=O)c2ccccc2Cl)cc1. The summed E-state index contributed by atoms with van der Waals surface area (Å²) in [6, 6.07) is 20.8. The number of aryl methyl sites for hydroxylation is 1. The molecule has 148 valence electrons. The molecule has 1 N–H and O–H groups in total. The van der Waals surface area contributed by atoms with Crippen molar-refractivity contribution in [2.24, 2.45) is 0 Å². The number of halogens is 1. The fourth-order valence-electron chi connectivity index (χ4n) is 2.68. The van der Waals surface area contributed by atoms with Gasteiger partial charge >= 0.3 is 5.97 Å². The molecule has 29 heavy (non-hydrogen) atoms. The van der Waals surface area contributed by atoms with Crippen LogP contribution in [-0.4, -0.2) is 18.5 Å². The van der Waals surface area contributed by atoms with Gasteiger partial charge in [0, 0.05) is 5.69 Å². The predicted octanol–water partition coefficient (Wildman–Crippen LogP) is 5.14. The molecule has 0 unspecified atom stereocenters. The lowest BCUT2D eigenvalue weighted by atomic mass is 10.1. The van der Waals surface area contributed by atoms with Crippen LogP contribution in [0.25, 0.3) is 0 Å². The van der Waals surface area contributed by atoms with Gasteiger partial charge in [-0.1, -0.05) is 48.9 Å². The van der Waals surface area contributed by atoms with E-state index in [9.17, 15) is 9.59 Å². The van der Waals surface area contributed by atoms with E-state index in [-0.39, 0.29) is 12.5 Å². The Hall–Kier alpha value is -3.31. The highest BCUT2D eigenvalue weighted by Crippen LogP contribution is 2.21. The van der Waals surface area contributed by atoms with Crippen LogP contribution >= 0.6 is 11.6 Å². The summed E-state index contributed by atoms with van der Waals surface area (Å²) < 4.78 is 10.8. The number of ether oxygens (including phenoxy) is 2. The highest BCUT2D eigenvalue weighted by Gasteiger charge is 2.11. The first-order valence-electron chi connectivity index (χ1n) is 9.14. The Labute approximate surface area is 174 Å². The van der Waals surface area contributed by atoms with Crippen LogP contribution in [0.15, 0.2) is 72.8 Å². The van der Waals surface area contributed by atoms with Gasteiger partial charge < -0.3 is 14.8 Å². The molecule has 1 amide bonds. The maximum atomic E-state index is 12.3. The molecule has 3 aromatic carbocycles. The van der Waals surface area contributed by atoms with Crippen molar-refractivity contribution in [2.45, 2.75) is 13.3 Å². The van der Waals surface area contributed by atoms with Gasteiger partial charge in [0.2, 0.25) is 0 Å². The molecule has 3 aromatic rings. The molecule has 0 saturated heterocycles. The van der Waals surface area contributed by atoms with Gasteiger partial charge in [0.05, 0.1) is 10.6 Å². The molecular weight excluding hydrogens is 390 g/mol. The lowest BCUT2D eigenvalue weighted by molar-refractivity contribution is -0.136. The average molecular weight is 410 g/mol. The van der Waals surface area contributed by atoms with Crippen molar-refractivity contribution < 1.29 is 19.1 Å². The summed E-state index contributed by atoms with van der Waals surface area (Å²) in [5.41, 5.74) is 1.97. The third kappa shape index (κ3) is 5.59. The molecule has 0 bridgehead atoms. The van der Waals surface area contributed by atoms with Crippen LogP contribution < -0.4 is 14.8 Å². The monoisotopic (exact) mass is 409 g/mol. The van der Waals surface area contributed by atoms with Crippen molar-refractivity contribution in [3.05, 3.63) is 88.9 Å². The van der Waals surface area contributed by atoms with Crippen LogP contribution in [0.5, 0.6) is 11.5 Å². The Kier molecular flexibility index (Phi) is 6.87. The maximum Gasteiger partial charge on any atom is 0.349 e. The summed E-state index contributed by atoms with van der Waals surface area (Å²) in [6.07, 6.45) is 0.812. The van der Waals surface area contributed by atoms with Gasteiger partial charge in [-0.15, -0.1) is 0 Å². The Morgan fingerprint density at radius 1 is 0.931 bits per heavy atom. The number of carbonyl (C=O) groups is 2. The quantitative estimate of drug-likeness (QED) is 0.433. The molecular formula is C23H20ClNO4. The van der Waals surface area contributed by atoms with E-state index in [2.05, 4.69) is 5.32 Å². The van der Waals surface area contributed by atoms with Gasteiger partial charge in [0.25, 0.3) is 5.91 Å².